The summed E-state index contributed by atoms with van der Waals surface area (Å²) in [5.74, 6) is 1.60. The standard InChI is InChI=1S/C14H11NO2S/c1-7-8(2)18-14-10(7)3-9-4-12-13(17-6-16-12)5-11(9)15-14/h3-5H,6H2,1-2H3. The molecule has 0 atom stereocenters. The number of fused-ring (bicyclic) bond motifs is 3. The molecule has 0 radical (unpaired) electrons. The predicted octanol–water partition coefficient (Wildman–Crippen LogP) is 3.80. The Kier molecular flexibility index (Phi) is 1.89. The van der Waals surface area contributed by atoms with Gasteiger partial charge in [0.1, 0.15) is 4.83 Å². The fraction of sp³-hybridized carbons (Fsp3) is 0.214. The van der Waals surface area contributed by atoms with Gasteiger partial charge in [-0.1, -0.05) is 0 Å². The van der Waals surface area contributed by atoms with E-state index in [-0.39, 0.29) is 0 Å². The number of aromatic nitrogens is 1. The molecule has 1 aromatic carbocycles. The minimum atomic E-state index is 0.304. The lowest BCUT2D eigenvalue weighted by Gasteiger charge is -2.01. The van der Waals surface area contributed by atoms with E-state index in [9.17, 15) is 0 Å². The number of benzene rings is 1. The molecule has 3 heterocycles. The molecular formula is C14H11NO2S. The zero-order valence-electron chi connectivity index (χ0n) is 10.1. The second kappa shape index (κ2) is 3.36. The number of rotatable bonds is 0. The smallest absolute Gasteiger partial charge is 0.231 e. The molecule has 1 aliphatic heterocycles. The van der Waals surface area contributed by atoms with E-state index in [1.807, 2.05) is 12.1 Å². The largest absolute Gasteiger partial charge is 0.454 e. The average Bonchev–Trinajstić information content (AvgIpc) is 2.90. The maximum Gasteiger partial charge on any atom is 0.231 e. The lowest BCUT2D eigenvalue weighted by Crippen LogP contribution is -1.92. The molecule has 90 valence electrons. The molecule has 0 saturated heterocycles. The second-order valence-corrected chi connectivity index (χ2v) is 5.73. The zero-order chi connectivity index (χ0) is 12.3. The van der Waals surface area contributed by atoms with Crippen LogP contribution in [0.15, 0.2) is 18.2 Å². The first-order valence-corrected chi connectivity index (χ1v) is 6.64. The summed E-state index contributed by atoms with van der Waals surface area (Å²) in [7, 11) is 0. The molecule has 3 aromatic rings. The van der Waals surface area contributed by atoms with Crippen molar-refractivity contribution in [1.82, 2.24) is 4.98 Å². The summed E-state index contributed by atoms with van der Waals surface area (Å²) in [6.45, 7) is 4.59. The Morgan fingerprint density at radius 3 is 2.72 bits per heavy atom. The first kappa shape index (κ1) is 10.1. The maximum atomic E-state index is 5.41. The quantitative estimate of drug-likeness (QED) is 0.614. The minimum Gasteiger partial charge on any atom is -0.454 e. The normalized spacial score (nSPS) is 13.7. The van der Waals surface area contributed by atoms with E-state index in [0.717, 1.165) is 27.2 Å². The van der Waals surface area contributed by atoms with Gasteiger partial charge in [-0.25, -0.2) is 4.98 Å². The molecule has 2 aromatic heterocycles. The highest BCUT2D eigenvalue weighted by atomic mass is 32.1. The Morgan fingerprint density at radius 1 is 1.11 bits per heavy atom. The van der Waals surface area contributed by atoms with Gasteiger partial charge in [-0.2, -0.15) is 0 Å². The molecule has 18 heavy (non-hydrogen) atoms. The number of thiophene rings is 1. The van der Waals surface area contributed by atoms with Crippen LogP contribution in [-0.4, -0.2) is 11.8 Å². The third-order valence-electron chi connectivity index (χ3n) is 3.46. The molecule has 0 saturated carbocycles. The summed E-state index contributed by atoms with van der Waals surface area (Å²) in [5, 5.41) is 2.34. The van der Waals surface area contributed by atoms with Crippen molar-refractivity contribution in [3.8, 4) is 11.5 Å². The Morgan fingerprint density at radius 2 is 1.89 bits per heavy atom. The van der Waals surface area contributed by atoms with Gasteiger partial charge < -0.3 is 9.47 Å². The second-order valence-electron chi connectivity index (χ2n) is 4.52. The first-order chi connectivity index (χ1) is 8.72. The fourth-order valence-corrected chi connectivity index (χ4v) is 3.32. The molecule has 4 heteroatoms. The van der Waals surface area contributed by atoms with Gasteiger partial charge in [0.25, 0.3) is 0 Å². The summed E-state index contributed by atoms with van der Waals surface area (Å²) in [4.78, 5) is 7.14. The van der Waals surface area contributed by atoms with Gasteiger partial charge in [-0.05, 0) is 31.5 Å². The summed E-state index contributed by atoms with van der Waals surface area (Å²) >= 11 is 1.74. The van der Waals surface area contributed by atoms with Crippen LogP contribution in [0, 0.1) is 13.8 Å². The average molecular weight is 257 g/mol. The number of hydrogen-bond acceptors (Lipinski definition) is 4. The van der Waals surface area contributed by atoms with Gasteiger partial charge in [-0.3, -0.25) is 0 Å². The van der Waals surface area contributed by atoms with Crippen molar-refractivity contribution in [1.29, 1.82) is 0 Å². The van der Waals surface area contributed by atoms with Crippen molar-refractivity contribution in [2.24, 2.45) is 0 Å². The van der Waals surface area contributed by atoms with Gasteiger partial charge in [0.05, 0.1) is 5.52 Å². The minimum absolute atomic E-state index is 0.304. The zero-order valence-corrected chi connectivity index (χ0v) is 10.9. The third kappa shape index (κ3) is 1.26. The lowest BCUT2D eigenvalue weighted by molar-refractivity contribution is 0.174. The van der Waals surface area contributed by atoms with E-state index in [1.165, 1.54) is 15.8 Å². The highest BCUT2D eigenvalue weighted by Gasteiger charge is 2.16. The first-order valence-electron chi connectivity index (χ1n) is 5.82. The Labute approximate surface area is 108 Å². The molecule has 1 aliphatic rings. The van der Waals surface area contributed by atoms with Crippen molar-refractivity contribution in [3.63, 3.8) is 0 Å². The van der Waals surface area contributed by atoms with Crippen LogP contribution in [0.1, 0.15) is 10.4 Å². The monoisotopic (exact) mass is 257 g/mol. The molecule has 0 N–H and O–H groups in total. The third-order valence-corrected chi connectivity index (χ3v) is 4.57. The molecule has 0 bridgehead atoms. The van der Waals surface area contributed by atoms with E-state index in [0.29, 0.717) is 6.79 Å². The maximum absolute atomic E-state index is 5.41. The Hall–Kier alpha value is -1.81. The van der Waals surface area contributed by atoms with Crippen molar-refractivity contribution in [2.75, 3.05) is 6.79 Å². The number of nitrogens with zero attached hydrogens (tertiary/aromatic N) is 1. The number of aryl methyl sites for hydroxylation is 2. The number of ether oxygens (including phenoxy) is 2. The summed E-state index contributed by atoms with van der Waals surface area (Å²) in [6, 6.07) is 6.16. The SMILES string of the molecule is Cc1sc2nc3cc4c(cc3cc2c1C)OCO4. The van der Waals surface area contributed by atoms with Gasteiger partial charge in [0.2, 0.25) is 6.79 Å². The molecule has 0 spiro atoms. The van der Waals surface area contributed by atoms with Gasteiger partial charge in [0.15, 0.2) is 11.5 Å². The molecule has 0 unspecified atom stereocenters. The number of pyridine rings is 1. The molecule has 0 amide bonds. The van der Waals surface area contributed by atoms with Gasteiger partial charge in [0, 0.05) is 21.7 Å². The van der Waals surface area contributed by atoms with E-state index in [2.05, 4.69) is 19.9 Å². The molecular weight excluding hydrogens is 246 g/mol. The molecule has 4 rings (SSSR count). The van der Waals surface area contributed by atoms with Crippen molar-refractivity contribution in [2.45, 2.75) is 13.8 Å². The van der Waals surface area contributed by atoms with Crippen molar-refractivity contribution < 1.29 is 9.47 Å². The van der Waals surface area contributed by atoms with E-state index >= 15 is 0 Å². The van der Waals surface area contributed by atoms with Crippen LogP contribution in [0.4, 0.5) is 0 Å². The van der Waals surface area contributed by atoms with E-state index in [4.69, 9.17) is 14.5 Å². The molecule has 0 aliphatic carbocycles. The van der Waals surface area contributed by atoms with Gasteiger partial charge >= 0.3 is 0 Å². The van der Waals surface area contributed by atoms with Crippen LogP contribution in [0.25, 0.3) is 21.1 Å². The van der Waals surface area contributed by atoms with Crippen LogP contribution < -0.4 is 9.47 Å². The highest BCUT2D eigenvalue weighted by molar-refractivity contribution is 7.18. The Balaban J connectivity index is 2.12. The van der Waals surface area contributed by atoms with Crippen LogP contribution >= 0.6 is 11.3 Å². The van der Waals surface area contributed by atoms with E-state index < -0.39 is 0 Å². The van der Waals surface area contributed by atoms with Crippen molar-refractivity contribution in [3.05, 3.63) is 28.6 Å². The van der Waals surface area contributed by atoms with Crippen molar-refractivity contribution >= 4 is 32.5 Å². The number of hydrogen-bond donors (Lipinski definition) is 0. The van der Waals surface area contributed by atoms with Gasteiger partial charge in [-0.15, -0.1) is 11.3 Å². The summed E-state index contributed by atoms with van der Waals surface area (Å²) in [6.07, 6.45) is 0. The van der Waals surface area contributed by atoms with Crippen LogP contribution in [0.5, 0.6) is 11.5 Å². The fourth-order valence-electron chi connectivity index (χ4n) is 2.30. The van der Waals surface area contributed by atoms with Crippen LogP contribution in [0.2, 0.25) is 0 Å². The van der Waals surface area contributed by atoms with Crippen LogP contribution in [0.3, 0.4) is 0 Å². The lowest BCUT2D eigenvalue weighted by atomic mass is 10.1. The molecule has 3 nitrogen and oxygen atoms in total. The summed E-state index contributed by atoms with van der Waals surface area (Å²) in [5.41, 5.74) is 2.29. The van der Waals surface area contributed by atoms with Crippen LogP contribution in [-0.2, 0) is 0 Å². The highest BCUT2D eigenvalue weighted by Crippen LogP contribution is 2.38. The molecule has 0 fully saturated rings. The predicted molar refractivity (Wildman–Crippen MR) is 72.7 cm³/mol. The summed E-state index contributed by atoms with van der Waals surface area (Å²) < 4.78 is 10.8. The Bertz CT molecular complexity index is 791. The topological polar surface area (TPSA) is 31.4 Å². The van der Waals surface area contributed by atoms with E-state index in [1.54, 1.807) is 11.3 Å².